The summed E-state index contributed by atoms with van der Waals surface area (Å²) in [6.45, 7) is 6.96. The third-order valence-electron chi connectivity index (χ3n) is 5.50. The molecule has 0 N–H and O–H groups in total. The fourth-order valence-electron chi connectivity index (χ4n) is 4.54. The summed E-state index contributed by atoms with van der Waals surface area (Å²) < 4.78 is 11.7. The Hall–Kier alpha value is -1.91. The first kappa shape index (κ1) is 20.8. The summed E-state index contributed by atoms with van der Waals surface area (Å²) in [5.41, 5.74) is 1.27. The molecule has 0 amide bonds. The fourth-order valence-corrected chi connectivity index (χ4v) is 4.54. The molecule has 1 fully saturated rings. The Morgan fingerprint density at radius 2 is 1.93 bits per heavy atom. The van der Waals surface area contributed by atoms with Crippen molar-refractivity contribution in [1.29, 1.82) is 0 Å². The average Bonchev–Trinajstić information content (AvgIpc) is 3.15. The number of benzene rings is 1. The van der Waals surface area contributed by atoms with Crippen LogP contribution in [-0.4, -0.2) is 50.5 Å². The predicted molar refractivity (Wildman–Crippen MR) is 115 cm³/mol. The lowest BCUT2D eigenvalue weighted by atomic mass is 9.74. The third-order valence-corrected chi connectivity index (χ3v) is 5.50. The monoisotopic (exact) mass is 382 g/mol. The number of furan rings is 1. The van der Waals surface area contributed by atoms with Gasteiger partial charge < -0.3 is 14.1 Å². The molecule has 2 atom stereocenters. The minimum Gasteiger partial charge on any atom is -0.469 e. The largest absolute Gasteiger partial charge is 0.469 e. The zero-order chi connectivity index (χ0) is 20.0. The normalized spacial score (nSPS) is 23.3. The molecule has 0 aliphatic carbocycles. The highest BCUT2D eigenvalue weighted by Crippen LogP contribution is 2.38. The predicted octanol–water partition coefficient (Wildman–Crippen LogP) is 5.01. The van der Waals surface area contributed by atoms with Crippen molar-refractivity contribution in [2.24, 2.45) is 10.4 Å². The van der Waals surface area contributed by atoms with Crippen molar-refractivity contribution >= 4 is 6.21 Å². The van der Waals surface area contributed by atoms with Crippen molar-refractivity contribution in [2.45, 2.75) is 44.6 Å². The summed E-state index contributed by atoms with van der Waals surface area (Å²) >= 11 is 0. The lowest BCUT2D eigenvalue weighted by Crippen LogP contribution is -2.47. The molecular formula is C24H34N2O2. The lowest BCUT2D eigenvalue weighted by Gasteiger charge is -2.44. The van der Waals surface area contributed by atoms with Gasteiger partial charge in [0.1, 0.15) is 5.76 Å². The van der Waals surface area contributed by atoms with Crippen LogP contribution in [0.1, 0.15) is 50.4 Å². The molecule has 2 aromatic rings. The Balaban J connectivity index is 1.70. The summed E-state index contributed by atoms with van der Waals surface area (Å²) in [5, 5.41) is 0. The van der Waals surface area contributed by atoms with Crippen LogP contribution in [0.4, 0.5) is 0 Å². The molecular weight excluding hydrogens is 348 g/mol. The fraction of sp³-hybridized carbons (Fsp3) is 0.542. The number of nitrogens with zero attached hydrogens (tertiary/aromatic N) is 2. The van der Waals surface area contributed by atoms with E-state index in [-0.39, 0.29) is 16.9 Å². The van der Waals surface area contributed by atoms with Gasteiger partial charge in [-0.05, 0) is 64.9 Å². The Labute approximate surface area is 169 Å². The van der Waals surface area contributed by atoms with E-state index in [0.717, 1.165) is 44.7 Å². The summed E-state index contributed by atoms with van der Waals surface area (Å²) in [4.78, 5) is 7.18. The topological polar surface area (TPSA) is 38.0 Å². The molecule has 3 rings (SSSR count). The van der Waals surface area contributed by atoms with Gasteiger partial charge in [-0.15, -0.1) is 0 Å². The molecule has 28 heavy (non-hydrogen) atoms. The molecule has 1 aromatic heterocycles. The van der Waals surface area contributed by atoms with Crippen molar-refractivity contribution < 1.29 is 9.15 Å². The average molecular weight is 383 g/mol. The van der Waals surface area contributed by atoms with Gasteiger partial charge in [-0.1, -0.05) is 30.3 Å². The number of aliphatic imine (C=N–C) groups is 1. The van der Waals surface area contributed by atoms with Crippen molar-refractivity contribution in [3.8, 4) is 0 Å². The summed E-state index contributed by atoms with van der Waals surface area (Å²) in [5.74, 6) is 1.25. The Kier molecular flexibility index (Phi) is 6.73. The number of ether oxygens (including phenoxy) is 1. The van der Waals surface area contributed by atoms with Crippen LogP contribution in [0.15, 0.2) is 58.1 Å². The van der Waals surface area contributed by atoms with Crippen LogP contribution in [0.3, 0.4) is 0 Å². The highest BCUT2D eigenvalue weighted by atomic mass is 16.5. The molecule has 1 aromatic carbocycles. The highest BCUT2D eigenvalue weighted by molar-refractivity contribution is 5.66. The van der Waals surface area contributed by atoms with E-state index in [1.165, 1.54) is 5.56 Å². The maximum Gasteiger partial charge on any atom is 0.111 e. The second-order valence-corrected chi connectivity index (χ2v) is 8.94. The minimum absolute atomic E-state index is 0.0815. The van der Waals surface area contributed by atoms with Gasteiger partial charge in [0, 0.05) is 37.2 Å². The van der Waals surface area contributed by atoms with Crippen molar-refractivity contribution in [3.05, 3.63) is 60.1 Å². The van der Waals surface area contributed by atoms with E-state index < -0.39 is 0 Å². The first-order chi connectivity index (χ1) is 13.4. The zero-order valence-electron chi connectivity index (χ0n) is 17.7. The number of hydrogen-bond donors (Lipinski definition) is 0. The van der Waals surface area contributed by atoms with E-state index in [1.54, 1.807) is 6.26 Å². The first-order valence-corrected chi connectivity index (χ1v) is 10.3. The lowest BCUT2D eigenvalue weighted by molar-refractivity contribution is -0.0887. The maximum absolute atomic E-state index is 5.96. The Morgan fingerprint density at radius 3 is 2.57 bits per heavy atom. The number of hydrogen-bond acceptors (Lipinski definition) is 4. The molecule has 4 heteroatoms. The second kappa shape index (κ2) is 9.06. The van der Waals surface area contributed by atoms with Crippen molar-refractivity contribution in [3.63, 3.8) is 0 Å². The second-order valence-electron chi connectivity index (χ2n) is 8.94. The van der Waals surface area contributed by atoms with Crippen molar-refractivity contribution in [2.75, 3.05) is 33.8 Å². The third kappa shape index (κ3) is 5.55. The SMILES string of the molecule is CN(C)CC1(C=NCCC(c2ccccc2)c2ccco2)CCOC(C)(C)C1. The van der Waals surface area contributed by atoms with Gasteiger partial charge in [-0.2, -0.15) is 0 Å². The van der Waals surface area contributed by atoms with Gasteiger partial charge in [0.2, 0.25) is 0 Å². The van der Waals surface area contributed by atoms with E-state index in [2.05, 4.69) is 75.5 Å². The van der Waals surface area contributed by atoms with Crippen LogP contribution in [-0.2, 0) is 4.74 Å². The van der Waals surface area contributed by atoms with Crippen LogP contribution < -0.4 is 0 Å². The molecule has 2 unspecified atom stereocenters. The standard InChI is InChI=1S/C24H34N2O2/c1-23(2)17-24(13-16-28-23,19-26(3)4)18-25-14-12-21(22-11-8-15-27-22)20-9-6-5-7-10-20/h5-11,15,18,21H,12-14,16-17,19H2,1-4H3. The molecule has 1 aliphatic heterocycles. The van der Waals surface area contributed by atoms with Crippen LogP contribution in [0.25, 0.3) is 0 Å². The molecule has 152 valence electrons. The highest BCUT2D eigenvalue weighted by Gasteiger charge is 2.40. The first-order valence-electron chi connectivity index (χ1n) is 10.3. The van der Waals surface area contributed by atoms with E-state index in [0.29, 0.717) is 0 Å². The van der Waals surface area contributed by atoms with Crippen LogP contribution in [0, 0.1) is 5.41 Å². The summed E-state index contributed by atoms with van der Waals surface area (Å²) in [6, 6.07) is 14.6. The van der Waals surface area contributed by atoms with Gasteiger partial charge in [0.25, 0.3) is 0 Å². The molecule has 1 saturated heterocycles. The molecule has 2 heterocycles. The minimum atomic E-state index is -0.0962. The van der Waals surface area contributed by atoms with E-state index in [1.807, 2.05) is 6.07 Å². The summed E-state index contributed by atoms with van der Waals surface area (Å²) in [7, 11) is 4.28. The van der Waals surface area contributed by atoms with E-state index in [4.69, 9.17) is 14.1 Å². The molecule has 0 spiro atoms. The van der Waals surface area contributed by atoms with Crippen LogP contribution in [0.2, 0.25) is 0 Å². The maximum atomic E-state index is 5.96. The van der Waals surface area contributed by atoms with Crippen LogP contribution in [0.5, 0.6) is 0 Å². The van der Waals surface area contributed by atoms with Gasteiger partial charge in [0.05, 0.1) is 11.9 Å². The van der Waals surface area contributed by atoms with Crippen molar-refractivity contribution in [1.82, 2.24) is 4.90 Å². The van der Waals surface area contributed by atoms with Gasteiger partial charge in [-0.3, -0.25) is 4.99 Å². The molecule has 4 nitrogen and oxygen atoms in total. The van der Waals surface area contributed by atoms with E-state index in [9.17, 15) is 0 Å². The van der Waals surface area contributed by atoms with E-state index >= 15 is 0 Å². The van der Waals surface area contributed by atoms with Gasteiger partial charge >= 0.3 is 0 Å². The quantitative estimate of drug-likeness (QED) is 0.602. The summed E-state index contributed by atoms with van der Waals surface area (Å²) in [6.07, 6.45) is 6.94. The number of rotatable bonds is 8. The Morgan fingerprint density at radius 1 is 1.14 bits per heavy atom. The smallest absolute Gasteiger partial charge is 0.111 e. The zero-order valence-corrected chi connectivity index (χ0v) is 17.7. The van der Waals surface area contributed by atoms with Gasteiger partial charge in [0.15, 0.2) is 0 Å². The van der Waals surface area contributed by atoms with Crippen LogP contribution >= 0.6 is 0 Å². The molecule has 0 radical (unpaired) electrons. The molecule has 0 saturated carbocycles. The Bertz CT molecular complexity index is 737. The van der Waals surface area contributed by atoms with Gasteiger partial charge in [-0.25, -0.2) is 0 Å². The molecule has 0 bridgehead atoms. The molecule has 1 aliphatic rings.